The van der Waals surface area contributed by atoms with Gasteiger partial charge in [0, 0.05) is 26.2 Å². The van der Waals surface area contributed by atoms with Gasteiger partial charge in [0.15, 0.2) is 0 Å². The molecule has 0 bridgehead atoms. The molecular formula is C14H13ClF4N2O2. The zero-order valence-corrected chi connectivity index (χ0v) is 12.6. The van der Waals surface area contributed by atoms with E-state index in [1.54, 1.807) is 0 Å². The van der Waals surface area contributed by atoms with Crippen LogP contribution in [0.2, 0.25) is 5.02 Å². The normalized spacial score (nSPS) is 16.2. The van der Waals surface area contributed by atoms with Crippen LogP contribution in [0.3, 0.4) is 0 Å². The van der Waals surface area contributed by atoms with Gasteiger partial charge in [-0.15, -0.1) is 0 Å². The molecule has 1 aromatic rings. The highest BCUT2D eigenvalue weighted by molar-refractivity contribution is 6.33. The third-order valence-electron chi connectivity index (χ3n) is 3.49. The van der Waals surface area contributed by atoms with E-state index in [-0.39, 0.29) is 43.2 Å². The molecule has 2 amide bonds. The lowest BCUT2D eigenvalue weighted by Gasteiger charge is -2.23. The molecule has 1 heterocycles. The number of nitrogens with zero attached hydrogens (tertiary/aromatic N) is 2. The second kappa shape index (κ2) is 6.74. The van der Waals surface area contributed by atoms with Crippen molar-refractivity contribution >= 4 is 23.4 Å². The topological polar surface area (TPSA) is 40.6 Å². The van der Waals surface area contributed by atoms with Gasteiger partial charge >= 0.3 is 12.1 Å². The lowest BCUT2D eigenvalue weighted by molar-refractivity contribution is -0.185. The summed E-state index contributed by atoms with van der Waals surface area (Å²) in [6.45, 7) is -0.389. The Labute approximate surface area is 134 Å². The molecule has 2 rings (SSSR count). The average molecular weight is 353 g/mol. The van der Waals surface area contributed by atoms with Gasteiger partial charge in [-0.25, -0.2) is 4.39 Å². The van der Waals surface area contributed by atoms with Crippen molar-refractivity contribution in [3.8, 4) is 0 Å². The van der Waals surface area contributed by atoms with Gasteiger partial charge in [0.25, 0.3) is 5.91 Å². The molecule has 9 heteroatoms. The van der Waals surface area contributed by atoms with Gasteiger partial charge in [-0.1, -0.05) is 17.7 Å². The molecule has 1 aliphatic heterocycles. The second-order valence-electron chi connectivity index (χ2n) is 5.03. The maximum absolute atomic E-state index is 13.8. The van der Waals surface area contributed by atoms with Crippen LogP contribution in [0.5, 0.6) is 0 Å². The summed E-state index contributed by atoms with van der Waals surface area (Å²) in [5.74, 6) is -3.43. The van der Waals surface area contributed by atoms with Crippen LogP contribution in [-0.2, 0) is 4.79 Å². The Bertz CT molecular complexity index is 601. The quantitative estimate of drug-likeness (QED) is 0.729. The Morgan fingerprint density at radius 2 is 1.65 bits per heavy atom. The van der Waals surface area contributed by atoms with Crippen LogP contribution in [0, 0.1) is 5.82 Å². The number of hydrogen-bond acceptors (Lipinski definition) is 2. The first kappa shape index (κ1) is 17.5. The fourth-order valence-corrected chi connectivity index (χ4v) is 2.61. The molecule has 0 unspecified atom stereocenters. The monoisotopic (exact) mass is 352 g/mol. The molecule has 1 aromatic carbocycles. The van der Waals surface area contributed by atoms with E-state index in [1.165, 1.54) is 17.0 Å². The predicted octanol–water partition coefficient (Wildman–Crippen LogP) is 2.72. The summed E-state index contributed by atoms with van der Waals surface area (Å²) in [5.41, 5.74) is -0.315. The Morgan fingerprint density at radius 1 is 1.04 bits per heavy atom. The van der Waals surface area contributed by atoms with Crippen molar-refractivity contribution in [2.45, 2.75) is 12.6 Å². The van der Waals surface area contributed by atoms with E-state index < -0.39 is 23.8 Å². The number of amides is 2. The number of carbonyl (C=O) groups is 2. The van der Waals surface area contributed by atoms with E-state index in [2.05, 4.69) is 0 Å². The lowest BCUT2D eigenvalue weighted by atomic mass is 10.1. The van der Waals surface area contributed by atoms with Crippen molar-refractivity contribution in [3.05, 3.63) is 34.6 Å². The van der Waals surface area contributed by atoms with E-state index in [1.807, 2.05) is 0 Å². The van der Waals surface area contributed by atoms with Crippen LogP contribution < -0.4 is 0 Å². The first-order valence-corrected chi connectivity index (χ1v) is 7.19. The summed E-state index contributed by atoms with van der Waals surface area (Å²) in [4.78, 5) is 25.4. The van der Waals surface area contributed by atoms with Crippen LogP contribution in [0.1, 0.15) is 16.8 Å². The maximum Gasteiger partial charge on any atom is 0.471 e. The van der Waals surface area contributed by atoms with Gasteiger partial charge < -0.3 is 9.80 Å². The molecule has 4 nitrogen and oxygen atoms in total. The fourth-order valence-electron chi connectivity index (χ4n) is 2.36. The molecule has 23 heavy (non-hydrogen) atoms. The summed E-state index contributed by atoms with van der Waals surface area (Å²) in [6, 6.07) is 3.78. The van der Waals surface area contributed by atoms with Crippen LogP contribution in [-0.4, -0.2) is 54.0 Å². The molecule has 0 atom stereocenters. The van der Waals surface area contributed by atoms with Gasteiger partial charge in [-0.05, 0) is 18.6 Å². The maximum atomic E-state index is 13.8. The molecule has 0 aliphatic carbocycles. The Balaban J connectivity index is 2.12. The van der Waals surface area contributed by atoms with Crippen LogP contribution in [0.15, 0.2) is 18.2 Å². The van der Waals surface area contributed by atoms with Gasteiger partial charge in [0.05, 0.1) is 10.6 Å². The smallest absolute Gasteiger partial charge is 0.337 e. The van der Waals surface area contributed by atoms with Gasteiger partial charge in [-0.3, -0.25) is 9.59 Å². The summed E-state index contributed by atoms with van der Waals surface area (Å²) >= 11 is 5.82. The zero-order valence-electron chi connectivity index (χ0n) is 11.9. The summed E-state index contributed by atoms with van der Waals surface area (Å²) in [7, 11) is 0. The summed E-state index contributed by atoms with van der Waals surface area (Å²) < 4.78 is 51.1. The number of carbonyl (C=O) groups excluding carboxylic acids is 2. The lowest BCUT2D eigenvalue weighted by Crippen LogP contribution is -2.43. The molecule has 0 saturated carbocycles. The molecule has 0 radical (unpaired) electrons. The van der Waals surface area contributed by atoms with Crippen molar-refractivity contribution < 1.29 is 27.2 Å². The highest BCUT2D eigenvalue weighted by Crippen LogP contribution is 2.23. The van der Waals surface area contributed by atoms with Gasteiger partial charge in [0.1, 0.15) is 5.82 Å². The zero-order chi connectivity index (χ0) is 17.2. The van der Waals surface area contributed by atoms with Gasteiger partial charge in [0.2, 0.25) is 0 Å². The SMILES string of the molecule is O=C(c1c(F)cccc1Cl)N1CCCN(C(=O)C(F)(F)F)CC1. The third kappa shape index (κ3) is 3.93. The highest BCUT2D eigenvalue weighted by Gasteiger charge is 2.42. The molecule has 0 N–H and O–H groups in total. The van der Waals surface area contributed by atoms with Crippen LogP contribution >= 0.6 is 11.6 Å². The number of rotatable bonds is 1. The molecule has 0 spiro atoms. The van der Waals surface area contributed by atoms with Crippen molar-refractivity contribution in [1.82, 2.24) is 9.80 Å². The van der Waals surface area contributed by atoms with Crippen LogP contribution in [0.4, 0.5) is 17.6 Å². The van der Waals surface area contributed by atoms with E-state index in [0.29, 0.717) is 4.90 Å². The fraction of sp³-hybridized carbons (Fsp3) is 0.429. The summed E-state index contributed by atoms with van der Waals surface area (Å²) in [6.07, 6.45) is -4.78. The van der Waals surface area contributed by atoms with Gasteiger partial charge in [-0.2, -0.15) is 13.2 Å². The van der Waals surface area contributed by atoms with E-state index in [0.717, 1.165) is 6.07 Å². The van der Waals surface area contributed by atoms with Crippen molar-refractivity contribution in [2.24, 2.45) is 0 Å². The Morgan fingerprint density at radius 3 is 2.26 bits per heavy atom. The number of alkyl halides is 3. The molecular weight excluding hydrogens is 340 g/mol. The first-order valence-electron chi connectivity index (χ1n) is 6.81. The standard InChI is InChI=1S/C14H13ClF4N2O2/c15-9-3-1-4-10(16)11(9)12(22)20-5-2-6-21(8-7-20)13(23)14(17,18)19/h1,3-4H,2,5-8H2. The Hall–Kier alpha value is -1.83. The second-order valence-corrected chi connectivity index (χ2v) is 5.44. The molecule has 0 aromatic heterocycles. The predicted molar refractivity (Wildman–Crippen MR) is 74.6 cm³/mol. The van der Waals surface area contributed by atoms with E-state index >= 15 is 0 Å². The molecule has 1 aliphatic rings. The third-order valence-corrected chi connectivity index (χ3v) is 3.80. The average Bonchev–Trinajstić information content (AvgIpc) is 2.71. The number of halogens is 5. The molecule has 126 valence electrons. The summed E-state index contributed by atoms with van der Waals surface area (Å²) in [5, 5.41) is -0.0672. The minimum Gasteiger partial charge on any atom is -0.337 e. The number of hydrogen-bond donors (Lipinski definition) is 0. The van der Waals surface area contributed by atoms with Crippen LogP contribution in [0.25, 0.3) is 0 Å². The Kier molecular flexibility index (Phi) is 5.13. The van der Waals surface area contributed by atoms with E-state index in [9.17, 15) is 27.2 Å². The minimum atomic E-state index is -4.95. The van der Waals surface area contributed by atoms with Crippen molar-refractivity contribution in [1.29, 1.82) is 0 Å². The van der Waals surface area contributed by atoms with Crippen molar-refractivity contribution in [3.63, 3.8) is 0 Å². The first-order chi connectivity index (χ1) is 10.7. The molecule has 1 saturated heterocycles. The number of benzene rings is 1. The highest BCUT2D eigenvalue weighted by atomic mass is 35.5. The molecule has 1 fully saturated rings. The van der Waals surface area contributed by atoms with E-state index in [4.69, 9.17) is 11.6 Å². The van der Waals surface area contributed by atoms with Crippen molar-refractivity contribution in [2.75, 3.05) is 26.2 Å². The minimum absolute atomic E-state index is 0.0672. The largest absolute Gasteiger partial charge is 0.471 e.